The number of hydrogen-bond acceptors (Lipinski definition) is 5. The number of nitro groups is 1. The molecule has 128 valence electrons. The van der Waals surface area contributed by atoms with E-state index in [1.807, 2.05) is 31.2 Å². The van der Waals surface area contributed by atoms with Gasteiger partial charge in [0.05, 0.1) is 23.4 Å². The minimum atomic E-state index is -0.636. The molecule has 0 unspecified atom stereocenters. The Morgan fingerprint density at radius 1 is 1.24 bits per heavy atom. The number of carbonyl (C=O) groups excluding carboxylic acids is 1. The Balaban J connectivity index is 1.73. The molecule has 2 aromatic heterocycles. The van der Waals surface area contributed by atoms with E-state index in [-0.39, 0.29) is 11.4 Å². The van der Waals surface area contributed by atoms with Crippen molar-refractivity contribution in [1.29, 1.82) is 0 Å². The van der Waals surface area contributed by atoms with Crippen molar-refractivity contribution < 1.29 is 9.72 Å². The Bertz CT molecular complexity index is 926. The second-order valence-electron chi connectivity index (χ2n) is 5.63. The molecule has 0 saturated heterocycles. The van der Waals surface area contributed by atoms with Gasteiger partial charge in [-0.1, -0.05) is 29.8 Å². The molecular formula is C16H16N6O3. The molecule has 2 heterocycles. The fourth-order valence-electron chi connectivity index (χ4n) is 2.41. The van der Waals surface area contributed by atoms with Crippen molar-refractivity contribution in [2.45, 2.75) is 13.5 Å². The molecule has 1 N–H and O–H groups in total. The Morgan fingerprint density at radius 3 is 2.64 bits per heavy atom. The van der Waals surface area contributed by atoms with Crippen molar-refractivity contribution >= 4 is 17.3 Å². The number of amides is 1. The van der Waals surface area contributed by atoms with E-state index >= 15 is 0 Å². The lowest BCUT2D eigenvalue weighted by Gasteiger charge is -2.03. The molecule has 0 aliphatic carbocycles. The van der Waals surface area contributed by atoms with Gasteiger partial charge in [0, 0.05) is 13.2 Å². The van der Waals surface area contributed by atoms with Crippen LogP contribution in [0.3, 0.4) is 0 Å². The fourth-order valence-corrected chi connectivity index (χ4v) is 2.41. The number of hydrogen-bond donors (Lipinski definition) is 1. The Hall–Kier alpha value is -3.49. The van der Waals surface area contributed by atoms with Crippen molar-refractivity contribution in [2.75, 3.05) is 5.32 Å². The van der Waals surface area contributed by atoms with Crippen LogP contribution < -0.4 is 5.32 Å². The van der Waals surface area contributed by atoms with Crippen LogP contribution in [0.1, 0.15) is 21.6 Å². The molecule has 1 aromatic carbocycles. The van der Waals surface area contributed by atoms with Gasteiger partial charge in [0.25, 0.3) is 5.91 Å². The third-order valence-corrected chi connectivity index (χ3v) is 3.69. The van der Waals surface area contributed by atoms with Gasteiger partial charge in [-0.25, -0.2) is 0 Å². The van der Waals surface area contributed by atoms with E-state index in [1.54, 1.807) is 10.9 Å². The van der Waals surface area contributed by atoms with Crippen molar-refractivity contribution in [3.8, 4) is 0 Å². The van der Waals surface area contributed by atoms with Gasteiger partial charge in [0.15, 0.2) is 0 Å². The number of anilines is 1. The van der Waals surface area contributed by atoms with Gasteiger partial charge in [0.1, 0.15) is 6.20 Å². The third kappa shape index (κ3) is 3.55. The van der Waals surface area contributed by atoms with Crippen LogP contribution in [0.2, 0.25) is 0 Å². The summed E-state index contributed by atoms with van der Waals surface area (Å²) in [5.41, 5.74) is 2.25. The Labute approximate surface area is 143 Å². The molecule has 0 aliphatic heterocycles. The number of rotatable bonds is 5. The first-order valence-corrected chi connectivity index (χ1v) is 7.50. The van der Waals surface area contributed by atoms with Crippen molar-refractivity contribution in [3.63, 3.8) is 0 Å². The van der Waals surface area contributed by atoms with E-state index in [0.29, 0.717) is 12.2 Å². The molecule has 0 fully saturated rings. The normalized spacial score (nSPS) is 10.6. The smallest absolute Gasteiger partial charge is 0.318 e. The summed E-state index contributed by atoms with van der Waals surface area (Å²) >= 11 is 0. The fraction of sp³-hybridized carbons (Fsp3) is 0.188. The molecule has 0 saturated carbocycles. The van der Waals surface area contributed by atoms with Gasteiger partial charge in [-0.05, 0) is 12.5 Å². The van der Waals surface area contributed by atoms with E-state index in [2.05, 4.69) is 15.5 Å². The topological polar surface area (TPSA) is 108 Å². The quantitative estimate of drug-likeness (QED) is 0.565. The number of aromatic nitrogens is 4. The molecule has 0 aliphatic rings. The van der Waals surface area contributed by atoms with E-state index in [9.17, 15) is 14.9 Å². The lowest BCUT2D eigenvalue weighted by atomic mass is 10.1. The molecule has 3 rings (SSSR count). The first kappa shape index (κ1) is 16.4. The second kappa shape index (κ2) is 6.56. The highest BCUT2D eigenvalue weighted by Crippen LogP contribution is 2.18. The highest BCUT2D eigenvalue weighted by Gasteiger charge is 2.25. The maximum atomic E-state index is 12.3. The number of carbonyl (C=O) groups is 1. The van der Waals surface area contributed by atoms with Crippen LogP contribution in [0.5, 0.6) is 0 Å². The summed E-state index contributed by atoms with van der Waals surface area (Å²) in [6.07, 6.45) is 4.21. The van der Waals surface area contributed by atoms with Gasteiger partial charge in [-0.15, -0.1) is 0 Å². The van der Waals surface area contributed by atoms with E-state index in [0.717, 1.165) is 11.8 Å². The highest BCUT2D eigenvalue weighted by atomic mass is 16.6. The monoisotopic (exact) mass is 340 g/mol. The van der Waals surface area contributed by atoms with Gasteiger partial charge >= 0.3 is 5.69 Å². The first-order valence-electron chi connectivity index (χ1n) is 7.50. The molecule has 0 spiro atoms. The van der Waals surface area contributed by atoms with E-state index in [4.69, 9.17) is 0 Å². The average Bonchev–Trinajstić information content (AvgIpc) is 3.16. The van der Waals surface area contributed by atoms with E-state index < -0.39 is 10.8 Å². The number of aryl methyl sites for hydroxylation is 2. The van der Waals surface area contributed by atoms with Crippen LogP contribution in [-0.2, 0) is 13.6 Å². The Morgan fingerprint density at radius 2 is 1.96 bits per heavy atom. The van der Waals surface area contributed by atoms with Crippen LogP contribution in [0.25, 0.3) is 0 Å². The molecule has 3 aromatic rings. The number of nitrogens with zero attached hydrogens (tertiary/aromatic N) is 5. The van der Waals surface area contributed by atoms with Crippen LogP contribution in [0, 0.1) is 17.0 Å². The molecular weight excluding hydrogens is 324 g/mol. The lowest BCUT2D eigenvalue weighted by molar-refractivity contribution is -0.385. The maximum Gasteiger partial charge on any atom is 0.320 e. The number of benzene rings is 1. The molecule has 9 nitrogen and oxygen atoms in total. The van der Waals surface area contributed by atoms with E-state index in [1.165, 1.54) is 23.5 Å². The minimum absolute atomic E-state index is 0.115. The standard InChI is InChI=1S/C16H16N6O3/c1-11-3-5-12(6-4-11)9-21-10-13(7-18-21)19-16(23)15-14(22(24)25)8-17-20(15)2/h3-8,10H,9H2,1-2H3,(H,19,23). The summed E-state index contributed by atoms with van der Waals surface area (Å²) in [7, 11) is 1.47. The molecule has 0 radical (unpaired) electrons. The van der Waals surface area contributed by atoms with Gasteiger partial charge < -0.3 is 5.32 Å². The van der Waals surface area contributed by atoms with Crippen molar-refractivity contribution in [1.82, 2.24) is 19.6 Å². The summed E-state index contributed by atoms with van der Waals surface area (Å²) in [6.45, 7) is 2.57. The summed E-state index contributed by atoms with van der Waals surface area (Å²) in [5, 5.41) is 21.5. The van der Waals surface area contributed by atoms with Crippen LogP contribution in [0.15, 0.2) is 42.9 Å². The van der Waals surface area contributed by atoms with Gasteiger partial charge in [-0.3, -0.25) is 24.3 Å². The molecule has 25 heavy (non-hydrogen) atoms. The van der Waals surface area contributed by atoms with Crippen molar-refractivity contribution in [3.05, 3.63) is 69.8 Å². The molecule has 0 atom stereocenters. The summed E-state index contributed by atoms with van der Waals surface area (Å²) in [6, 6.07) is 8.05. The van der Waals surface area contributed by atoms with Crippen molar-refractivity contribution in [2.24, 2.45) is 7.05 Å². The zero-order chi connectivity index (χ0) is 18.0. The van der Waals surface area contributed by atoms with Crippen LogP contribution in [-0.4, -0.2) is 30.4 Å². The third-order valence-electron chi connectivity index (χ3n) is 3.69. The predicted octanol–water partition coefficient (Wildman–Crippen LogP) is 2.13. The zero-order valence-corrected chi connectivity index (χ0v) is 13.7. The summed E-state index contributed by atoms with van der Waals surface area (Å²) in [4.78, 5) is 22.7. The number of nitrogens with one attached hydrogen (secondary N) is 1. The average molecular weight is 340 g/mol. The first-order chi connectivity index (χ1) is 11.9. The zero-order valence-electron chi connectivity index (χ0n) is 13.7. The SMILES string of the molecule is Cc1ccc(Cn2cc(NC(=O)c3c([N+](=O)[O-])cnn3C)cn2)cc1. The van der Waals surface area contributed by atoms with Gasteiger partial charge in [-0.2, -0.15) is 10.2 Å². The predicted molar refractivity (Wildman–Crippen MR) is 90.3 cm³/mol. The van der Waals surface area contributed by atoms with Gasteiger partial charge in [0.2, 0.25) is 5.69 Å². The van der Waals surface area contributed by atoms with Crippen LogP contribution in [0.4, 0.5) is 11.4 Å². The summed E-state index contributed by atoms with van der Waals surface area (Å²) in [5.74, 6) is -0.610. The molecule has 1 amide bonds. The van der Waals surface area contributed by atoms with Crippen LogP contribution >= 0.6 is 0 Å². The molecule has 0 bridgehead atoms. The minimum Gasteiger partial charge on any atom is -0.318 e. The molecule has 9 heteroatoms. The highest BCUT2D eigenvalue weighted by molar-refractivity contribution is 6.05. The summed E-state index contributed by atoms with van der Waals surface area (Å²) < 4.78 is 2.85. The Kier molecular flexibility index (Phi) is 4.29. The lowest BCUT2D eigenvalue weighted by Crippen LogP contribution is -2.17. The largest absolute Gasteiger partial charge is 0.320 e. The second-order valence-corrected chi connectivity index (χ2v) is 5.63. The maximum absolute atomic E-state index is 12.3.